The van der Waals surface area contributed by atoms with Crippen molar-refractivity contribution in [1.29, 1.82) is 0 Å². The van der Waals surface area contributed by atoms with Gasteiger partial charge in [-0.25, -0.2) is 4.79 Å². The van der Waals surface area contributed by atoms with E-state index in [1.165, 1.54) is 13.8 Å². The summed E-state index contributed by atoms with van der Waals surface area (Å²) in [7, 11) is -4.72. The minimum absolute atomic E-state index is 0. The van der Waals surface area contributed by atoms with Crippen LogP contribution in [0.5, 0.6) is 5.75 Å². The average Bonchev–Trinajstić information content (AvgIpc) is 2.36. The van der Waals surface area contributed by atoms with Crippen molar-refractivity contribution in [3.05, 3.63) is 29.3 Å². The van der Waals surface area contributed by atoms with Crippen molar-refractivity contribution in [3.8, 4) is 5.75 Å². The van der Waals surface area contributed by atoms with Crippen LogP contribution in [0.1, 0.15) is 20.3 Å². The number of benzene rings is 1. The van der Waals surface area contributed by atoms with Gasteiger partial charge in [0, 0.05) is 5.02 Å². The molecule has 1 aromatic rings. The summed E-state index contributed by atoms with van der Waals surface area (Å²) < 4.78 is 21.0. The Morgan fingerprint density at radius 1 is 1.43 bits per heavy atom. The summed E-state index contributed by atoms with van der Waals surface area (Å²) in [6.45, 7) is 2.89. The van der Waals surface area contributed by atoms with Crippen molar-refractivity contribution in [3.63, 3.8) is 0 Å². The molecule has 0 amide bonds. The summed E-state index contributed by atoms with van der Waals surface area (Å²) in [6, 6.07) is 6.30. The largest absolute Gasteiger partial charge is 1.00 e. The Labute approximate surface area is 140 Å². The van der Waals surface area contributed by atoms with Gasteiger partial charge in [-0.3, -0.25) is 0 Å². The Morgan fingerprint density at radius 2 is 1.95 bits per heavy atom. The minimum atomic E-state index is -4.72. The quantitative estimate of drug-likeness (QED) is 0.406. The van der Waals surface area contributed by atoms with Crippen molar-refractivity contribution in [2.75, 3.05) is 0 Å². The number of halogens is 1. The molecule has 6 nitrogen and oxygen atoms in total. The molecule has 9 heteroatoms. The van der Waals surface area contributed by atoms with E-state index in [0.717, 1.165) is 0 Å². The van der Waals surface area contributed by atoms with Crippen LogP contribution in [0.25, 0.3) is 0 Å². The van der Waals surface area contributed by atoms with Crippen LogP contribution in [0.15, 0.2) is 24.3 Å². The first kappa shape index (κ1) is 20.5. The predicted molar refractivity (Wildman–Crippen MR) is 71.5 cm³/mol. The molecule has 0 aromatic heterocycles. The summed E-state index contributed by atoms with van der Waals surface area (Å²) in [5, 5.41) is 0.520. The summed E-state index contributed by atoms with van der Waals surface area (Å²) in [6.07, 6.45) is -1.06. The fourth-order valence-corrected chi connectivity index (χ4v) is 2.20. The van der Waals surface area contributed by atoms with Crippen molar-refractivity contribution in [2.24, 2.45) is 0 Å². The minimum Gasteiger partial charge on any atom is -0.776 e. The number of rotatable bonds is 6. The molecule has 112 valence electrons. The first-order chi connectivity index (χ1) is 9.24. The first-order valence-corrected chi connectivity index (χ1v) is 7.92. The Bertz CT molecular complexity index is 503. The number of hydrogen-bond donors (Lipinski definition) is 1. The van der Waals surface area contributed by atoms with Crippen molar-refractivity contribution < 1.29 is 47.5 Å². The van der Waals surface area contributed by atoms with Gasteiger partial charge in [-0.1, -0.05) is 18.5 Å². The van der Waals surface area contributed by atoms with Crippen LogP contribution in [0.2, 0.25) is 5.02 Å². The topological polar surface area (TPSA) is 95.9 Å². The molecule has 0 bridgehead atoms. The van der Waals surface area contributed by atoms with Gasteiger partial charge in [-0.15, -0.1) is 0 Å². The number of ether oxygens (including phenoxy) is 2. The Hall–Kier alpha value is -0.473. The van der Waals surface area contributed by atoms with Crippen molar-refractivity contribution >= 4 is 25.2 Å². The number of carbonyl (C=O) groups is 1. The third kappa shape index (κ3) is 6.88. The summed E-state index contributed by atoms with van der Waals surface area (Å²) >= 11 is 5.71. The molecule has 21 heavy (non-hydrogen) atoms. The van der Waals surface area contributed by atoms with Crippen molar-refractivity contribution in [2.45, 2.75) is 32.2 Å². The maximum absolute atomic E-state index is 11.7. The molecular weight excluding hydrogens is 313 g/mol. The second-order valence-corrected chi connectivity index (χ2v) is 6.22. The summed E-state index contributed by atoms with van der Waals surface area (Å²) in [5.41, 5.74) is 0. The van der Waals surface area contributed by atoms with Gasteiger partial charge in [-0.05, 0) is 37.6 Å². The van der Waals surface area contributed by atoms with Gasteiger partial charge in [0.1, 0.15) is 5.75 Å². The van der Waals surface area contributed by atoms with E-state index in [2.05, 4.69) is 0 Å². The van der Waals surface area contributed by atoms with E-state index in [0.29, 0.717) is 10.8 Å². The van der Waals surface area contributed by atoms with Gasteiger partial charge in [-0.2, -0.15) is 0 Å². The molecule has 0 saturated carbocycles. The standard InChI is InChI=1S/C12H16ClO6P.Li/c1-3-11(20(15,16)17)19-12(14)8(2)18-10-6-4-9(13)5-7-10;/h4-8,11H,3H2,1-2H3,(H2,15,16,17);/q;+1/p-1. The third-order valence-corrected chi connectivity index (χ3v) is 3.87. The number of esters is 1. The van der Waals surface area contributed by atoms with E-state index in [1.54, 1.807) is 24.3 Å². The van der Waals surface area contributed by atoms with Gasteiger partial charge in [0.25, 0.3) is 0 Å². The van der Waals surface area contributed by atoms with E-state index in [1.807, 2.05) is 0 Å². The second-order valence-electron chi connectivity index (χ2n) is 4.08. The van der Waals surface area contributed by atoms with Crippen LogP contribution in [0.4, 0.5) is 0 Å². The molecule has 1 aromatic carbocycles. The maximum atomic E-state index is 11.7. The molecule has 3 atom stereocenters. The van der Waals surface area contributed by atoms with E-state index >= 15 is 0 Å². The van der Waals surface area contributed by atoms with Gasteiger partial charge >= 0.3 is 24.8 Å². The fraction of sp³-hybridized carbons (Fsp3) is 0.417. The van der Waals surface area contributed by atoms with Crippen LogP contribution >= 0.6 is 19.2 Å². The number of hydrogen-bond acceptors (Lipinski definition) is 5. The molecule has 0 spiro atoms. The van der Waals surface area contributed by atoms with Crippen LogP contribution < -0.4 is 28.5 Å². The molecular formula is C12H15ClLiO6P. The molecule has 0 saturated heterocycles. The SMILES string of the molecule is CCC(OC(=O)C(C)Oc1ccc(Cl)cc1)P(=O)([O-])O.[Li+]. The molecule has 0 aliphatic rings. The van der Waals surface area contributed by atoms with Crippen LogP contribution in [0.3, 0.4) is 0 Å². The Morgan fingerprint density at radius 3 is 2.38 bits per heavy atom. The maximum Gasteiger partial charge on any atom is 1.00 e. The molecule has 0 radical (unpaired) electrons. The predicted octanol–water partition coefficient (Wildman–Crippen LogP) is -1.06. The number of carbonyl (C=O) groups excluding carboxylic acids is 1. The Balaban J connectivity index is 0.00000400. The zero-order valence-electron chi connectivity index (χ0n) is 12.0. The first-order valence-electron chi connectivity index (χ1n) is 5.90. The summed E-state index contributed by atoms with van der Waals surface area (Å²) in [4.78, 5) is 31.5. The van der Waals surface area contributed by atoms with E-state index in [9.17, 15) is 14.3 Å². The van der Waals surface area contributed by atoms with Crippen LogP contribution in [-0.4, -0.2) is 22.8 Å². The molecule has 0 aliphatic carbocycles. The average molecular weight is 329 g/mol. The van der Waals surface area contributed by atoms with E-state index in [-0.39, 0.29) is 25.3 Å². The van der Waals surface area contributed by atoms with Gasteiger partial charge < -0.3 is 23.8 Å². The van der Waals surface area contributed by atoms with E-state index in [4.69, 9.17) is 26.0 Å². The molecule has 1 rings (SSSR count). The van der Waals surface area contributed by atoms with Gasteiger partial charge in [0.2, 0.25) is 0 Å². The second kappa shape index (κ2) is 8.85. The zero-order valence-corrected chi connectivity index (χ0v) is 13.6. The molecule has 3 unspecified atom stereocenters. The molecule has 0 fully saturated rings. The van der Waals surface area contributed by atoms with Crippen molar-refractivity contribution in [1.82, 2.24) is 0 Å². The molecule has 0 heterocycles. The third-order valence-electron chi connectivity index (χ3n) is 2.42. The zero-order chi connectivity index (χ0) is 15.3. The van der Waals surface area contributed by atoms with Gasteiger partial charge in [0.05, 0.1) is 0 Å². The smallest absolute Gasteiger partial charge is 0.776 e. The Kier molecular flexibility index (Phi) is 8.65. The van der Waals surface area contributed by atoms with Crippen LogP contribution in [-0.2, 0) is 14.1 Å². The van der Waals surface area contributed by atoms with Crippen LogP contribution in [0, 0.1) is 0 Å². The fourth-order valence-electron chi connectivity index (χ4n) is 1.38. The summed E-state index contributed by atoms with van der Waals surface area (Å²) in [5.74, 6) is -2.05. The van der Waals surface area contributed by atoms with Gasteiger partial charge in [0.15, 0.2) is 19.5 Å². The monoisotopic (exact) mass is 328 g/mol. The normalized spacial score (nSPS) is 16.0. The van der Waals surface area contributed by atoms with E-state index < -0.39 is 25.5 Å². The molecule has 0 aliphatic heterocycles. The molecule has 1 N–H and O–H groups in total.